The van der Waals surface area contributed by atoms with E-state index < -0.39 is 0 Å². The van der Waals surface area contributed by atoms with Crippen LogP contribution in [0.2, 0.25) is 0 Å². The highest BCUT2D eigenvalue weighted by Gasteiger charge is 2.14. The Kier molecular flexibility index (Phi) is 12.4. The summed E-state index contributed by atoms with van der Waals surface area (Å²) in [5.74, 6) is 1.88. The summed E-state index contributed by atoms with van der Waals surface area (Å²) < 4.78 is 0. The minimum Gasteiger partial charge on any atom is -0.316 e. The number of nitrogens with one attached hydrogen (secondary N) is 1. The van der Waals surface area contributed by atoms with Crippen molar-refractivity contribution in [2.45, 2.75) is 79.1 Å². The van der Waals surface area contributed by atoms with E-state index in [1.165, 1.54) is 64.5 Å². The summed E-state index contributed by atoms with van der Waals surface area (Å²) >= 11 is 0. The molecule has 0 spiro atoms. The lowest BCUT2D eigenvalue weighted by molar-refractivity contribution is 0.311. The molecule has 0 aromatic rings. The van der Waals surface area contributed by atoms with Crippen LogP contribution in [0.15, 0.2) is 0 Å². The van der Waals surface area contributed by atoms with Crippen LogP contribution in [-0.4, -0.2) is 13.1 Å². The lowest BCUT2D eigenvalue weighted by Crippen LogP contribution is -2.25. The van der Waals surface area contributed by atoms with Crippen molar-refractivity contribution in [3.63, 3.8) is 0 Å². The maximum absolute atomic E-state index is 3.61. The van der Waals surface area contributed by atoms with Crippen LogP contribution in [0.25, 0.3) is 0 Å². The van der Waals surface area contributed by atoms with Gasteiger partial charge in [0.2, 0.25) is 0 Å². The molecule has 1 nitrogen and oxygen atoms in total. The van der Waals surface area contributed by atoms with Gasteiger partial charge in [-0.3, -0.25) is 0 Å². The van der Waals surface area contributed by atoms with E-state index >= 15 is 0 Å². The number of unbranched alkanes of at least 4 members (excludes halogenated alkanes) is 1. The van der Waals surface area contributed by atoms with Crippen molar-refractivity contribution in [3.8, 4) is 0 Å². The monoisotopic (exact) mass is 241 g/mol. The van der Waals surface area contributed by atoms with Gasteiger partial charge in [0.1, 0.15) is 0 Å². The summed E-state index contributed by atoms with van der Waals surface area (Å²) in [7, 11) is 0. The highest BCUT2D eigenvalue weighted by Crippen LogP contribution is 2.24. The second-order valence-electron chi connectivity index (χ2n) is 5.51. The summed E-state index contributed by atoms with van der Waals surface area (Å²) in [6.07, 6.45) is 11.0. The Balaban J connectivity index is 3.91. The molecule has 0 heterocycles. The molecule has 1 N–H and O–H groups in total. The summed E-state index contributed by atoms with van der Waals surface area (Å²) in [6.45, 7) is 11.7. The van der Waals surface area contributed by atoms with E-state index in [-0.39, 0.29) is 0 Å². The first-order valence-corrected chi connectivity index (χ1v) is 7.99. The lowest BCUT2D eigenvalue weighted by atomic mass is 9.86. The molecule has 0 rings (SSSR count). The maximum Gasteiger partial charge on any atom is -0.00204 e. The molecule has 104 valence electrons. The smallest absolute Gasteiger partial charge is 0.00204 e. The molecule has 0 fully saturated rings. The van der Waals surface area contributed by atoms with Gasteiger partial charge in [0.15, 0.2) is 0 Å². The third kappa shape index (κ3) is 9.64. The largest absolute Gasteiger partial charge is 0.316 e. The minimum atomic E-state index is 0.911. The van der Waals surface area contributed by atoms with Crippen LogP contribution >= 0.6 is 0 Å². The topological polar surface area (TPSA) is 12.0 Å². The fourth-order valence-electron chi connectivity index (χ4n) is 2.65. The van der Waals surface area contributed by atoms with E-state index in [9.17, 15) is 0 Å². The summed E-state index contributed by atoms with van der Waals surface area (Å²) in [5.41, 5.74) is 0. The van der Waals surface area contributed by atoms with Gasteiger partial charge in [-0.25, -0.2) is 0 Å². The molecule has 17 heavy (non-hydrogen) atoms. The van der Waals surface area contributed by atoms with Gasteiger partial charge < -0.3 is 5.32 Å². The van der Waals surface area contributed by atoms with E-state index in [4.69, 9.17) is 0 Å². The molecule has 0 amide bonds. The lowest BCUT2D eigenvalue weighted by Gasteiger charge is -2.23. The average molecular weight is 241 g/mol. The van der Waals surface area contributed by atoms with Crippen molar-refractivity contribution in [1.29, 1.82) is 0 Å². The summed E-state index contributed by atoms with van der Waals surface area (Å²) in [6, 6.07) is 0. The standard InChI is InChI=1S/C16H35N/c1-5-9-11-15(8-4)13-16(10-6-2)14-17-12-7-3/h15-17H,5-14H2,1-4H3. The Hall–Kier alpha value is -0.0400. The van der Waals surface area contributed by atoms with E-state index in [0.29, 0.717) is 0 Å². The predicted molar refractivity (Wildman–Crippen MR) is 79.5 cm³/mol. The first kappa shape index (κ1) is 17.0. The van der Waals surface area contributed by atoms with Gasteiger partial charge in [0.25, 0.3) is 0 Å². The van der Waals surface area contributed by atoms with E-state index in [0.717, 1.165) is 11.8 Å². The average Bonchev–Trinajstić information content (AvgIpc) is 2.34. The van der Waals surface area contributed by atoms with Crippen LogP contribution in [0.5, 0.6) is 0 Å². The molecule has 0 aliphatic carbocycles. The van der Waals surface area contributed by atoms with Crippen LogP contribution in [0, 0.1) is 11.8 Å². The van der Waals surface area contributed by atoms with Crippen molar-refractivity contribution in [3.05, 3.63) is 0 Å². The number of hydrogen-bond acceptors (Lipinski definition) is 1. The van der Waals surface area contributed by atoms with Gasteiger partial charge in [0.05, 0.1) is 0 Å². The summed E-state index contributed by atoms with van der Waals surface area (Å²) in [5, 5.41) is 3.61. The molecule has 2 unspecified atom stereocenters. The molecule has 0 saturated heterocycles. The zero-order valence-electron chi connectivity index (χ0n) is 12.7. The van der Waals surface area contributed by atoms with Crippen LogP contribution in [0.4, 0.5) is 0 Å². The third-order valence-corrected chi connectivity index (χ3v) is 3.77. The molecule has 0 bridgehead atoms. The van der Waals surface area contributed by atoms with Crippen molar-refractivity contribution >= 4 is 0 Å². The van der Waals surface area contributed by atoms with Gasteiger partial charge in [-0.15, -0.1) is 0 Å². The Morgan fingerprint density at radius 2 is 1.59 bits per heavy atom. The summed E-state index contributed by atoms with van der Waals surface area (Å²) in [4.78, 5) is 0. The van der Waals surface area contributed by atoms with Gasteiger partial charge in [-0.05, 0) is 44.2 Å². The van der Waals surface area contributed by atoms with Gasteiger partial charge in [-0.2, -0.15) is 0 Å². The number of hydrogen-bond donors (Lipinski definition) is 1. The quantitative estimate of drug-likeness (QED) is 0.474. The van der Waals surface area contributed by atoms with Crippen LogP contribution in [0.3, 0.4) is 0 Å². The van der Waals surface area contributed by atoms with Crippen LogP contribution in [-0.2, 0) is 0 Å². The molecule has 1 heteroatoms. The van der Waals surface area contributed by atoms with E-state index in [2.05, 4.69) is 33.0 Å². The van der Waals surface area contributed by atoms with E-state index in [1.807, 2.05) is 0 Å². The predicted octanol–water partition coefficient (Wildman–Crippen LogP) is 5.01. The highest BCUT2D eigenvalue weighted by atomic mass is 14.8. The van der Waals surface area contributed by atoms with Gasteiger partial charge in [-0.1, -0.05) is 59.8 Å². The second kappa shape index (κ2) is 12.4. The Bertz CT molecular complexity index is 144. The van der Waals surface area contributed by atoms with Gasteiger partial charge in [0, 0.05) is 0 Å². The third-order valence-electron chi connectivity index (χ3n) is 3.77. The zero-order valence-corrected chi connectivity index (χ0v) is 12.7. The molecule has 0 aliphatic heterocycles. The molecule has 0 aromatic carbocycles. The Morgan fingerprint density at radius 3 is 2.12 bits per heavy atom. The first-order chi connectivity index (χ1) is 8.28. The fraction of sp³-hybridized carbons (Fsp3) is 1.00. The fourth-order valence-corrected chi connectivity index (χ4v) is 2.65. The van der Waals surface area contributed by atoms with Crippen LogP contribution in [0.1, 0.15) is 79.1 Å². The molecule has 0 aromatic heterocycles. The Labute approximate surface area is 110 Å². The zero-order chi connectivity index (χ0) is 12.9. The first-order valence-electron chi connectivity index (χ1n) is 7.99. The van der Waals surface area contributed by atoms with Crippen LogP contribution < -0.4 is 5.32 Å². The van der Waals surface area contributed by atoms with Crippen molar-refractivity contribution in [2.75, 3.05) is 13.1 Å². The molecular formula is C16H35N. The second-order valence-corrected chi connectivity index (χ2v) is 5.51. The molecule has 2 atom stereocenters. The molecule has 0 radical (unpaired) electrons. The minimum absolute atomic E-state index is 0.911. The van der Waals surface area contributed by atoms with E-state index in [1.54, 1.807) is 0 Å². The number of rotatable bonds is 12. The Morgan fingerprint density at radius 1 is 0.824 bits per heavy atom. The highest BCUT2D eigenvalue weighted by molar-refractivity contribution is 4.68. The van der Waals surface area contributed by atoms with Gasteiger partial charge >= 0.3 is 0 Å². The molecule has 0 saturated carbocycles. The normalized spacial score (nSPS) is 14.8. The molecule has 0 aliphatic rings. The van der Waals surface area contributed by atoms with Crippen molar-refractivity contribution < 1.29 is 0 Å². The maximum atomic E-state index is 3.61. The SMILES string of the molecule is CCCCC(CC)CC(CCC)CNCCC. The van der Waals surface area contributed by atoms with Crippen molar-refractivity contribution in [2.24, 2.45) is 11.8 Å². The van der Waals surface area contributed by atoms with Crippen molar-refractivity contribution in [1.82, 2.24) is 5.32 Å². The molecular weight excluding hydrogens is 206 g/mol.